The predicted molar refractivity (Wildman–Crippen MR) is 87.9 cm³/mol. The van der Waals surface area contributed by atoms with Gasteiger partial charge in [-0.15, -0.1) is 0 Å². The number of carbonyl (C=O) groups is 2. The molecule has 0 radical (unpaired) electrons. The molecule has 1 saturated carbocycles. The molecule has 1 fully saturated rings. The van der Waals surface area contributed by atoms with Gasteiger partial charge in [0, 0.05) is 12.5 Å². The van der Waals surface area contributed by atoms with Crippen LogP contribution in [0.5, 0.6) is 0 Å². The van der Waals surface area contributed by atoms with E-state index in [1.807, 2.05) is 0 Å². The number of carboxylic acid groups (broad SMARTS) is 1. The summed E-state index contributed by atoms with van der Waals surface area (Å²) in [4.78, 5) is 23.0. The fourth-order valence-electron chi connectivity index (χ4n) is 2.85. The van der Waals surface area contributed by atoms with Crippen molar-refractivity contribution in [2.45, 2.75) is 43.0 Å². The minimum atomic E-state index is -3.45. The van der Waals surface area contributed by atoms with Crippen LogP contribution in [-0.2, 0) is 26.0 Å². The second kappa shape index (κ2) is 7.76. The SMILES string of the molecule is CNS(=O)(=O)c1ccc(CCC(=O)N[C@H]2CC[C@@H](C(=O)O)C2)cc1. The van der Waals surface area contributed by atoms with Gasteiger partial charge in [-0.1, -0.05) is 12.1 Å². The zero-order chi connectivity index (χ0) is 17.7. The summed E-state index contributed by atoms with van der Waals surface area (Å²) in [6.07, 6.45) is 2.56. The molecule has 0 unspecified atom stereocenters. The first-order valence-corrected chi connectivity index (χ1v) is 9.35. The molecule has 7 nitrogen and oxygen atoms in total. The van der Waals surface area contributed by atoms with Crippen LogP contribution in [0.4, 0.5) is 0 Å². The molecule has 1 aromatic carbocycles. The minimum Gasteiger partial charge on any atom is -0.481 e. The number of sulfonamides is 1. The van der Waals surface area contributed by atoms with Crippen LogP contribution in [0.2, 0.25) is 0 Å². The normalized spacial score (nSPS) is 20.7. The molecule has 1 aliphatic carbocycles. The number of aliphatic carboxylic acids is 1. The Morgan fingerprint density at radius 3 is 2.42 bits per heavy atom. The zero-order valence-corrected chi connectivity index (χ0v) is 14.3. The van der Waals surface area contributed by atoms with Gasteiger partial charge in [0.25, 0.3) is 0 Å². The standard InChI is InChI=1S/C16H22N2O5S/c1-17-24(22,23)14-7-2-11(3-8-14)4-9-15(19)18-13-6-5-12(10-13)16(20)21/h2-3,7-8,12-13,17H,4-6,9-10H2,1H3,(H,18,19)(H,20,21)/t12-,13+/m1/s1. The highest BCUT2D eigenvalue weighted by Crippen LogP contribution is 2.25. The summed E-state index contributed by atoms with van der Waals surface area (Å²) in [6, 6.07) is 6.32. The molecule has 0 saturated heterocycles. The number of carbonyl (C=O) groups excluding carboxylic acids is 1. The molecular formula is C16H22N2O5S. The van der Waals surface area contributed by atoms with Crippen molar-refractivity contribution in [1.29, 1.82) is 0 Å². The van der Waals surface area contributed by atoms with E-state index in [1.54, 1.807) is 12.1 Å². The Labute approximate surface area is 141 Å². The zero-order valence-electron chi connectivity index (χ0n) is 13.5. The summed E-state index contributed by atoms with van der Waals surface area (Å²) in [7, 11) is -2.10. The highest BCUT2D eigenvalue weighted by molar-refractivity contribution is 7.89. The quantitative estimate of drug-likeness (QED) is 0.673. The van der Waals surface area contributed by atoms with Gasteiger partial charge in [0.2, 0.25) is 15.9 Å². The van der Waals surface area contributed by atoms with E-state index in [9.17, 15) is 18.0 Å². The molecule has 0 aromatic heterocycles. The van der Waals surface area contributed by atoms with Gasteiger partial charge in [0.15, 0.2) is 0 Å². The van der Waals surface area contributed by atoms with Crippen molar-refractivity contribution >= 4 is 21.9 Å². The number of aryl methyl sites for hydroxylation is 1. The van der Waals surface area contributed by atoms with Gasteiger partial charge in [-0.3, -0.25) is 9.59 Å². The monoisotopic (exact) mass is 354 g/mol. The van der Waals surface area contributed by atoms with E-state index in [4.69, 9.17) is 5.11 Å². The van der Waals surface area contributed by atoms with Gasteiger partial charge in [-0.2, -0.15) is 0 Å². The molecule has 0 aliphatic heterocycles. The Kier molecular flexibility index (Phi) is 5.95. The number of hydrogen-bond acceptors (Lipinski definition) is 4. The lowest BCUT2D eigenvalue weighted by Crippen LogP contribution is -2.33. The molecular weight excluding hydrogens is 332 g/mol. The molecule has 0 bridgehead atoms. The van der Waals surface area contributed by atoms with Crippen molar-refractivity contribution < 1.29 is 23.1 Å². The predicted octanol–water partition coefficient (Wildman–Crippen LogP) is 0.897. The van der Waals surface area contributed by atoms with Crippen LogP contribution in [0.3, 0.4) is 0 Å². The van der Waals surface area contributed by atoms with Crippen molar-refractivity contribution in [1.82, 2.24) is 10.0 Å². The van der Waals surface area contributed by atoms with Crippen molar-refractivity contribution in [3.63, 3.8) is 0 Å². The van der Waals surface area contributed by atoms with E-state index >= 15 is 0 Å². The third kappa shape index (κ3) is 4.78. The van der Waals surface area contributed by atoms with Gasteiger partial charge in [-0.25, -0.2) is 13.1 Å². The molecule has 1 aromatic rings. The highest BCUT2D eigenvalue weighted by Gasteiger charge is 2.30. The number of benzene rings is 1. The van der Waals surface area contributed by atoms with E-state index in [-0.39, 0.29) is 29.2 Å². The maximum absolute atomic E-state index is 12.0. The van der Waals surface area contributed by atoms with Gasteiger partial charge in [0.1, 0.15) is 0 Å². The Bertz CT molecular complexity index is 700. The second-order valence-corrected chi connectivity index (χ2v) is 7.85. The summed E-state index contributed by atoms with van der Waals surface area (Å²) in [5.41, 5.74) is 0.870. The molecule has 0 heterocycles. The van der Waals surface area contributed by atoms with Crippen molar-refractivity contribution in [2.75, 3.05) is 7.05 Å². The molecule has 2 rings (SSSR count). The summed E-state index contributed by atoms with van der Waals surface area (Å²) in [5, 5.41) is 11.8. The van der Waals surface area contributed by atoms with Crippen LogP contribution in [0, 0.1) is 5.92 Å². The largest absolute Gasteiger partial charge is 0.481 e. The number of amides is 1. The molecule has 1 aliphatic rings. The number of carboxylic acids is 1. The lowest BCUT2D eigenvalue weighted by atomic mass is 10.1. The van der Waals surface area contributed by atoms with E-state index in [0.717, 1.165) is 5.56 Å². The first-order valence-electron chi connectivity index (χ1n) is 7.86. The molecule has 8 heteroatoms. The Balaban J connectivity index is 1.81. The maximum Gasteiger partial charge on any atom is 0.306 e. The van der Waals surface area contributed by atoms with Gasteiger partial charge in [0.05, 0.1) is 10.8 Å². The van der Waals surface area contributed by atoms with Crippen LogP contribution in [0.1, 0.15) is 31.2 Å². The van der Waals surface area contributed by atoms with Crippen molar-refractivity contribution in [3.8, 4) is 0 Å². The van der Waals surface area contributed by atoms with E-state index in [2.05, 4.69) is 10.0 Å². The van der Waals surface area contributed by atoms with Crippen LogP contribution >= 0.6 is 0 Å². The third-order valence-corrected chi connectivity index (χ3v) is 5.72. The van der Waals surface area contributed by atoms with E-state index in [1.165, 1.54) is 19.2 Å². The lowest BCUT2D eigenvalue weighted by Gasteiger charge is -2.12. The Morgan fingerprint density at radius 2 is 1.88 bits per heavy atom. The first-order chi connectivity index (χ1) is 11.3. The molecule has 132 valence electrons. The van der Waals surface area contributed by atoms with E-state index in [0.29, 0.717) is 25.7 Å². The van der Waals surface area contributed by atoms with Crippen LogP contribution in [-0.4, -0.2) is 38.5 Å². The fourth-order valence-corrected chi connectivity index (χ4v) is 3.58. The number of hydrogen-bond donors (Lipinski definition) is 3. The minimum absolute atomic E-state index is 0.0678. The molecule has 0 spiro atoms. The average molecular weight is 354 g/mol. The lowest BCUT2D eigenvalue weighted by molar-refractivity contribution is -0.141. The summed E-state index contributed by atoms with van der Waals surface area (Å²) in [6.45, 7) is 0. The van der Waals surface area contributed by atoms with Gasteiger partial charge >= 0.3 is 5.97 Å². The number of nitrogens with one attached hydrogen (secondary N) is 2. The van der Waals surface area contributed by atoms with Crippen molar-refractivity contribution in [2.24, 2.45) is 5.92 Å². The highest BCUT2D eigenvalue weighted by atomic mass is 32.2. The summed E-state index contributed by atoms with van der Waals surface area (Å²) >= 11 is 0. The molecule has 1 amide bonds. The fraction of sp³-hybridized carbons (Fsp3) is 0.500. The average Bonchev–Trinajstić information content (AvgIpc) is 3.02. The van der Waals surface area contributed by atoms with Crippen LogP contribution in [0.25, 0.3) is 0 Å². The Hall–Kier alpha value is -1.93. The Morgan fingerprint density at radius 1 is 1.21 bits per heavy atom. The van der Waals surface area contributed by atoms with Crippen LogP contribution in [0.15, 0.2) is 29.2 Å². The first kappa shape index (κ1) is 18.4. The third-order valence-electron chi connectivity index (χ3n) is 4.29. The van der Waals surface area contributed by atoms with Crippen LogP contribution < -0.4 is 10.0 Å². The molecule has 2 atom stereocenters. The summed E-state index contributed by atoms with van der Waals surface area (Å²) in [5.74, 6) is -1.28. The smallest absolute Gasteiger partial charge is 0.306 e. The molecule has 24 heavy (non-hydrogen) atoms. The maximum atomic E-state index is 12.0. The second-order valence-electron chi connectivity index (χ2n) is 5.96. The van der Waals surface area contributed by atoms with E-state index < -0.39 is 16.0 Å². The van der Waals surface area contributed by atoms with Gasteiger partial charge in [-0.05, 0) is 50.4 Å². The topological polar surface area (TPSA) is 113 Å². The summed E-state index contributed by atoms with van der Waals surface area (Å²) < 4.78 is 25.5. The molecule has 3 N–H and O–H groups in total. The van der Waals surface area contributed by atoms with Gasteiger partial charge < -0.3 is 10.4 Å². The number of rotatable bonds is 7. The van der Waals surface area contributed by atoms with Crippen molar-refractivity contribution in [3.05, 3.63) is 29.8 Å².